The van der Waals surface area contributed by atoms with Gasteiger partial charge >= 0.3 is 6.09 Å². The molecule has 0 bridgehead atoms. The number of likely N-dealkylation sites (tertiary alicyclic amines) is 1. The van der Waals surface area contributed by atoms with Crippen LogP contribution in [0.1, 0.15) is 44.7 Å². The fourth-order valence-corrected chi connectivity index (χ4v) is 4.25. The molecule has 1 unspecified atom stereocenters. The zero-order valence-electron chi connectivity index (χ0n) is 17.3. The Hall–Kier alpha value is -2.02. The van der Waals surface area contributed by atoms with Gasteiger partial charge in [-0.3, -0.25) is 0 Å². The summed E-state index contributed by atoms with van der Waals surface area (Å²) in [6.07, 6.45) is 1.85. The molecule has 2 heterocycles. The maximum atomic E-state index is 12.3. The summed E-state index contributed by atoms with van der Waals surface area (Å²) in [5.74, 6) is 1.78. The van der Waals surface area contributed by atoms with Gasteiger partial charge in [-0.05, 0) is 65.5 Å². The number of carbonyl (C=O) groups excluding carboxylic acids is 1. The van der Waals surface area contributed by atoms with E-state index in [1.54, 1.807) is 11.8 Å². The molecule has 7 heteroatoms. The number of piperidine rings is 1. The molecule has 1 atom stereocenters. The van der Waals surface area contributed by atoms with Crippen molar-refractivity contribution in [3.05, 3.63) is 29.3 Å². The number of thioether (sulfide) groups is 1. The molecule has 0 aliphatic carbocycles. The van der Waals surface area contributed by atoms with Crippen LogP contribution in [0.3, 0.4) is 0 Å². The molecule has 0 N–H and O–H groups in total. The maximum Gasteiger partial charge on any atom is 0.410 e. The number of aryl methyl sites for hydroxylation is 2. The molecule has 1 aromatic carbocycles. The summed E-state index contributed by atoms with van der Waals surface area (Å²) in [5.41, 5.74) is 2.83. The van der Waals surface area contributed by atoms with E-state index >= 15 is 0 Å². The maximum absolute atomic E-state index is 12.3. The third-order valence-electron chi connectivity index (χ3n) is 4.49. The van der Waals surface area contributed by atoms with Crippen LogP contribution in [0.2, 0.25) is 0 Å². The van der Waals surface area contributed by atoms with Crippen LogP contribution in [0.15, 0.2) is 27.8 Å². The number of amides is 1. The summed E-state index contributed by atoms with van der Waals surface area (Å²) in [6.45, 7) is 11.3. The van der Waals surface area contributed by atoms with Crippen LogP contribution in [-0.2, 0) is 4.74 Å². The fourth-order valence-electron chi connectivity index (χ4n) is 3.37. The molecule has 28 heavy (non-hydrogen) atoms. The van der Waals surface area contributed by atoms with Crippen LogP contribution in [0.4, 0.5) is 4.79 Å². The number of benzene rings is 1. The molecule has 1 amide bonds. The second-order valence-electron chi connectivity index (χ2n) is 8.50. The zero-order valence-corrected chi connectivity index (χ0v) is 18.1. The highest BCUT2D eigenvalue weighted by atomic mass is 32.2. The SMILES string of the molecule is Cc1cc(C)cc(-c2nnc(SCC3CCCN(C(=O)OC(C)(C)C)C3)o2)c1. The van der Waals surface area contributed by atoms with Crippen molar-refractivity contribution < 1.29 is 13.9 Å². The smallest absolute Gasteiger partial charge is 0.410 e. The molecule has 1 aliphatic rings. The molecular weight excluding hydrogens is 374 g/mol. The Morgan fingerprint density at radius 2 is 1.96 bits per heavy atom. The third kappa shape index (κ3) is 5.74. The summed E-state index contributed by atoms with van der Waals surface area (Å²) < 4.78 is 11.3. The molecule has 152 valence electrons. The first-order chi connectivity index (χ1) is 13.2. The number of rotatable bonds is 4. The van der Waals surface area contributed by atoms with E-state index in [0.717, 1.165) is 30.7 Å². The molecule has 2 aromatic rings. The van der Waals surface area contributed by atoms with Crippen LogP contribution in [0.5, 0.6) is 0 Å². The van der Waals surface area contributed by atoms with Crippen molar-refractivity contribution in [2.24, 2.45) is 5.92 Å². The van der Waals surface area contributed by atoms with Gasteiger partial charge in [-0.1, -0.05) is 29.0 Å². The van der Waals surface area contributed by atoms with E-state index in [1.807, 2.05) is 25.7 Å². The minimum atomic E-state index is -0.465. The Balaban J connectivity index is 1.56. The van der Waals surface area contributed by atoms with Crippen molar-refractivity contribution in [3.8, 4) is 11.5 Å². The second kappa shape index (κ2) is 8.55. The van der Waals surface area contributed by atoms with E-state index in [1.165, 1.54) is 11.1 Å². The van der Waals surface area contributed by atoms with Crippen molar-refractivity contribution in [3.63, 3.8) is 0 Å². The van der Waals surface area contributed by atoms with Gasteiger partial charge in [0.2, 0.25) is 5.89 Å². The summed E-state index contributed by atoms with van der Waals surface area (Å²) in [4.78, 5) is 14.1. The lowest BCUT2D eigenvalue weighted by molar-refractivity contribution is 0.0177. The van der Waals surface area contributed by atoms with Gasteiger partial charge < -0.3 is 14.1 Å². The van der Waals surface area contributed by atoms with Crippen molar-refractivity contribution in [2.45, 2.75) is 58.3 Å². The number of hydrogen-bond acceptors (Lipinski definition) is 6. The molecule has 0 radical (unpaired) electrons. The van der Waals surface area contributed by atoms with Crippen LogP contribution >= 0.6 is 11.8 Å². The minimum Gasteiger partial charge on any atom is -0.444 e. The Kier molecular flexibility index (Phi) is 6.33. The third-order valence-corrected chi connectivity index (χ3v) is 5.54. The van der Waals surface area contributed by atoms with E-state index < -0.39 is 5.60 Å². The fraction of sp³-hybridized carbons (Fsp3) is 0.571. The molecule has 0 spiro atoms. The molecule has 1 saturated heterocycles. The first-order valence-corrected chi connectivity index (χ1v) is 10.7. The quantitative estimate of drug-likeness (QED) is 0.662. The molecule has 1 fully saturated rings. The number of hydrogen-bond donors (Lipinski definition) is 0. The average Bonchev–Trinajstić information content (AvgIpc) is 3.07. The molecule has 3 rings (SSSR count). The number of carbonyl (C=O) groups is 1. The van der Waals surface area contributed by atoms with E-state index in [4.69, 9.17) is 9.15 Å². The van der Waals surface area contributed by atoms with Crippen molar-refractivity contribution in [1.29, 1.82) is 0 Å². The highest BCUT2D eigenvalue weighted by Crippen LogP contribution is 2.28. The van der Waals surface area contributed by atoms with Gasteiger partial charge in [0, 0.05) is 24.4 Å². The lowest BCUT2D eigenvalue weighted by Crippen LogP contribution is -2.43. The minimum absolute atomic E-state index is 0.225. The first kappa shape index (κ1) is 20.7. The van der Waals surface area contributed by atoms with Crippen molar-refractivity contribution in [1.82, 2.24) is 15.1 Å². The van der Waals surface area contributed by atoms with Crippen molar-refractivity contribution >= 4 is 17.9 Å². The van der Waals surface area contributed by atoms with Crippen LogP contribution < -0.4 is 0 Å². The van der Waals surface area contributed by atoms with E-state index in [9.17, 15) is 4.79 Å². The first-order valence-electron chi connectivity index (χ1n) is 9.72. The van der Waals surface area contributed by atoms with Crippen molar-refractivity contribution in [2.75, 3.05) is 18.8 Å². The van der Waals surface area contributed by atoms with Gasteiger partial charge in [0.1, 0.15) is 5.60 Å². The Morgan fingerprint density at radius 1 is 1.25 bits per heavy atom. The topological polar surface area (TPSA) is 68.5 Å². The monoisotopic (exact) mass is 403 g/mol. The van der Waals surface area contributed by atoms with Gasteiger partial charge in [0.05, 0.1) is 0 Å². The second-order valence-corrected chi connectivity index (χ2v) is 9.47. The molecule has 0 saturated carbocycles. The van der Waals surface area contributed by atoms with Gasteiger partial charge in [-0.15, -0.1) is 10.2 Å². The number of ether oxygens (including phenoxy) is 1. The molecule has 6 nitrogen and oxygen atoms in total. The highest BCUT2D eigenvalue weighted by molar-refractivity contribution is 7.99. The van der Waals surface area contributed by atoms with E-state index in [-0.39, 0.29) is 6.09 Å². The average molecular weight is 404 g/mol. The van der Waals surface area contributed by atoms with Gasteiger partial charge in [-0.2, -0.15) is 0 Å². The largest absolute Gasteiger partial charge is 0.444 e. The van der Waals surface area contributed by atoms with Crippen LogP contribution in [0.25, 0.3) is 11.5 Å². The summed E-state index contributed by atoms with van der Waals surface area (Å²) in [6, 6.07) is 6.22. The molecular formula is C21H29N3O3S. The van der Waals surface area contributed by atoms with Crippen LogP contribution in [0, 0.1) is 19.8 Å². The predicted octanol–water partition coefficient (Wildman–Crippen LogP) is 5.09. The molecule has 1 aromatic heterocycles. The Morgan fingerprint density at radius 3 is 2.64 bits per heavy atom. The normalized spacial score (nSPS) is 17.6. The zero-order chi connectivity index (χ0) is 20.3. The standard InChI is InChI=1S/C21H29N3O3S/c1-14-9-15(2)11-17(10-14)18-22-23-19(26-18)28-13-16-7-6-8-24(12-16)20(25)27-21(3,4)5/h9-11,16H,6-8,12-13H2,1-5H3. The predicted molar refractivity (Wildman–Crippen MR) is 110 cm³/mol. The number of aromatic nitrogens is 2. The van der Waals surface area contributed by atoms with Gasteiger partial charge in [0.15, 0.2) is 0 Å². The summed E-state index contributed by atoms with van der Waals surface area (Å²) in [7, 11) is 0. The summed E-state index contributed by atoms with van der Waals surface area (Å²) in [5, 5.41) is 8.95. The van der Waals surface area contributed by atoms with Gasteiger partial charge in [0.25, 0.3) is 5.22 Å². The number of nitrogens with zero attached hydrogens (tertiary/aromatic N) is 3. The van der Waals surface area contributed by atoms with E-state index in [0.29, 0.717) is 23.6 Å². The van der Waals surface area contributed by atoms with Gasteiger partial charge in [-0.25, -0.2) is 4.79 Å². The summed E-state index contributed by atoms with van der Waals surface area (Å²) >= 11 is 1.56. The van der Waals surface area contributed by atoms with Crippen LogP contribution in [-0.4, -0.2) is 45.6 Å². The lowest BCUT2D eigenvalue weighted by atomic mass is 10.0. The Bertz CT molecular complexity index is 808. The highest BCUT2D eigenvalue weighted by Gasteiger charge is 2.28. The van der Waals surface area contributed by atoms with E-state index in [2.05, 4.69) is 42.2 Å². The lowest BCUT2D eigenvalue weighted by Gasteiger charge is -2.33. The Labute approximate surface area is 171 Å². The molecule has 1 aliphatic heterocycles.